The minimum Gasteiger partial charge on any atom is -0.497 e. The van der Waals surface area contributed by atoms with Crippen molar-refractivity contribution in [3.63, 3.8) is 0 Å². The predicted molar refractivity (Wildman–Crippen MR) is 144 cm³/mol. The zero-order valence-electron chi connectivity index (χ0n) is 21.7. The van der Waals surface area contributed by atoms with Gasteiger partial charge in [0.1, 0.15) is 11.8 Å². The summed E-state index contributed by atoms with van der Waals surface area (Å²) in [6, 6.07) is 12.4. The summed E-state index contributed by atoms with van der Waals surface area (Å²) in [5.41, 5.74) is 0.807. The number of methoxy groups -OCH3 is 1. The molecule has 0 aromatic heterocycles. The zero-order chi connectivity index (χ0) is 27.0. The Morgan fingerprint density at radius 3 is 2.24 bits per heavy atom. The molecule has 1 saturated carbocycles. The van der Waals surface area contributed by atoms with Crippen molar-refractivity contribution in [2.24, 2.45) is 0 Å². The molecule has 10 heteroatoms. The van der Waals surface area contributed by atoms with Gasteiger partial charge in [0.2, 0.25) is 21.8 Å². The molecule has 37 heavy (non-hydrogen) atoms. The number of benzene rings is 2. The van der Waals surface area contributed by atoms with Crippen molar-refractivity contribution in [3.05, 3.63) is 59.1 Å². The maximum atomic E-state index is 13.6. The summed E-state index contributed by atoms with van der Waals surface area (Å²) in [7, 11) is -1.000. The molecule has 1 aliphatic rings. The summed E-state index contributed by atoms with van der Waals surface area (Å²) >= 11 is 5.90. The predicted octanol–water partition coefficient (Wildman–Crippen LogP) is 4.23. The second kappa shape index (κ2) is 13.3. The van der Waals surface area contributed by atoms with E-state index in [0.29, 0.717) is 17.2 Å². The van der Waals surface area contributed by atoms with Gasteiger partial charge < -0.3 is 15.0 Å². The summed E-state index contributed by atoms with van der Waals surface area (Å²) < 4.78 is 32.4. The second-order valence-corrected chi connectivity index (χ2v) is 11.8. The summed E-state index contributed by atoms with van der Waals surface area (Å²) in [6.07, 6.45) is 5.56. The lowest BCUT2D eigenvalue weighted by Gasteiger charge is -2.33. The van der Waals surface area contributed by atoms with E-state index in [9.17, 15) is 18.0 Å². The Kier molecular flexibility index (Phi) is 10.4. The Hall–Kier alpha value is -2.62. The molecule has 0 spiro atoms. The molecule has 8 nitrogen and oxygen atoms in total. The molecule has 0 heterocycles. The molecule has 202 valence electrons. The third-order valence-corrected chi connectivity index (χ3v) is 8.80. The van der Waals surface area contributed by atoms with Gasteiger partial charge in [-0.25, -0.2) is 8.42 Å². The van der Waals surface area contributed by atoms with Crippen molar-refractivity contribution in [3.8, 4) is 5.75 Å². The quantitative estimate of drug-likeness (QED) is 0.452. The Bertz CT molecular complexity index is 1150. The van der Waals surface area contributed by atoms with Crippen LogP contribution >= 0.6 is 11.6 Å². The first-order valence-corrected chi connectivity index (χ1v) is 14.4. The molecular formula is C27H36ClN3O5S. The average Bonchev–Trinajstić information content (AvgIpc) is 2.89. The molecular weight excluding hydrogens is 514 g/mol. The van der Waals surface area contributed by atoms with Crippen molar-refractivity contribution in [1.82, 2.24) is 14.5 Å². The van der Waals surface area contributed by atoms with E-state index in [0.717, 1.165) is 35.6 Å². The van der Waals surface area contributed by atoms with Crippen molar-refractivity contribution in [2.75, 3.05) is 20.7 Å². The van der Waals surface area contributed by atoms with Gasteiger partial charge in [0, 0.05) is 24.7 Å². The van der Waals surface area contributed by atoms with Crippen LogP contribution in [0.5, 0.6) is 5.75 Å². The van der Waals surface area contributed by atoms with Crippen LogP contribution in [0.1, 0.15) is 51.0 Å². The topological polar surface area (TPSA) is 96.0 Å². The van der Waals surface area contributed by atoms with Crippen LogP contribution in [0.4, 0.5) is 0 Å². The number of carbonyl (C=O) groups is 2. The van der Waals surface area contributed by atoms with Crippen LogP contribution in [0.15, 0.2) is 53.4 Å². The van der Waals surface area contributed by atoms with Crippen LogP contribution in [0.3, 0.4) is 0 Å². The van der Waals surface area contributed by atoms with E-state index in [1.165, 1.54) is 42.6 Å². The molecule has 0 saturated heterocycles. The second-order valence-electron chi connectivity index (χ2n) is 9.35. The highest BCUT2D eigenvalue weighted by Gasteiger charge is 2.32. The van der Waals surface area contributed by atoms with Gasteiger partial charge >= 0.3 is 0 Å². The number of halogens is 1. The van der Waals surface area contributed by atoms with Gasteiger partial charge in [-0.3, -0.25) is 9.59 Å². The minimum absolute atomic E-state index is 0.0380. The number of carbonyl (C=O) groups excluding carboxylic acids is 2. The van der Waals surface area contributed by atoms with Crippen LogP contribution in [-0.2, 0) is 26.2 Å². The number of hydrogen-bond acceptors (Lipinski definition) is 5. The summed E-state index contributed by atoms with van der Waals surface area (Å²) in [6.45, 7) is 1.61. The molecule has 1 aliphatic carbocycles. The number of likely N-dealkylation sites (N-methyl/N-ethyl adjacent to an activating group) is 1. The lowest BCUT2D eigenvalue weighted by molar-refractivity contribution is -0.141. The summed E-state index contributed by atoms with van der Waals surface area (Å²) in [4.78, 5) is 28.5. The Morgan fingerprint density at radius 2 is 1.68 bits per heavy atom. The van der Waals surface area contributed by atoms with E-state index in [4.69, 9.17) is 16.3 Å². The molecule has 0 aliphatic heterocycles. The lowest BCUT2D eigenvalue weighted by atomic mass is 9.95. The monoisotopic (exact) mass is 549 g/mol. The fourth-order valence-electron chi connectivity index (χ4n) is 4.54. The highest BCUT2D eigenvalue weighted by atomic mass is 35.5. The number of nitrogens with zero attached hydrogens (tertiary/aromatic N) is 2. The van der Waals surface area contributed by atoms with E-state index >= 15 is 0 Å². The van der Waals surface area contributed by atoms with Gasteiger partial charge in [0.05, 0.1) is 18.6 Å². The number of rotatable bonds is 11. The third kappa shape index (κ3) is 7.69. The van der Waals surface area contributed by atoms with Crippen molar-refractivity contribution in [2.45, 2.75) is 69.0 Å². The minimum atomic E-state index is -3.93. The Morgan fingerprint density at radius 1 is 1.05 bits per heavy atom. The molecule has 1 unspecified atom stereocenters. The zero-order valence-corrected chi connectivity index (χ0v) is 23.2. The molecule has 1 fully saturated rings. The first-order valence-electron chi connectivity index (χ1n) is 12.6. The SMILES string of the molecule is CCC(C(=O)NC1CCCCC1)N(Cc1ccc(OC)cc1)C(=O)CN(C)S(=O)(=O)c1ccc(Cl)cc1. The normalized spacial score (nSPS) is 15.3. The molecule has 0 radical (unpaired) electrons. The van der Waals surface area contributed by atoms with E-state index < -0.39 is 28.5 Å². The number of sulfonamides is 1. The van der Waals surface area contributed by atoms with Crippen LogP contribution in [0.2, 0.25) is 5.02 Å². The van der Waals surface area contributed by atoms with Gasteiger partial charge in [0.25, 0.3) is 0 Å². The van der Waals surface area contributed by atoms with Gasteiger partial charge in [0.15, 0.2) is 0 Å². The average molecular weight is 550 g/mol. The highest BCUT2D eigenvalue weighted by Crippen LogP contribution is 2.21. The van der Waals surface area contributed by atoms with Gasteiger partial charge in [-0.15, -0.1) is 0 Å². The molecule has 2 aromatic carbocycles. The standard InChI is InChI=1S/C27H36ClN3O5S/c1-4-25(27(33)29-22-8-6-5-7-9-22)31(18-20-10-14-23(36-3)15-11-20)26(32)19-30(2)37(34,35)24-16-12-21(28)13-17-24/h10-17,22,25H,4-9,18-19H2,1-3H3,(H,29,33). The number of hydrogen-bond donors (Lipinski definition) is 1. The Labute approximate surface area is 225 Å². The van der Waals surface area contributed by atoms with E-state index in [-0.39, 0.29) is 23.4 Å². The molecule has 3 rings (SSSR count). The van der Waals surface area contributed by atoms with Crippen molar-refractivity contribution >= 4 is 33.4 Å². The number of amides is 2. The number of ether oxygens (including phenoxy) is 1. The molecule has 0 bridgehead atoms. The van der Waals surface area contributed by atoms with Gasteiger partial charge in [-0.05, 0) is 61.2 Å². The maximum absolute atomic E-state index is 13.6. The first kappa shape index (κ1) is 28.9. The maximum Gasteiger partial charge on any atom is 0.243 e. The summed E-state index contributed by atoms with van der Waals surface area (Å²) in [5.74, 6) is 0.0125. The third-order valence-electron chi connectivity index (χ3n) is 6.73. The van der Waals surface area contributed by atoms with Crippen LogP contribution in [0.25, 0.3) is 0 Å². The molecule has 1 atom stereocenters. The van der Waals surface area contributed by atoms with Crippen LogP contribution in [0, 0.1) is 0 Å². The molecule has 1 N–H and O–H groups in total. The van der Waals surface area contributed by atoms with Crippen LogP contribution < -0.4 is 10.1 Å². The largest absolute Gasteiger partial charge is 0.497 e. The van der Waals surface area contributed by atoms with E-state index in [1.807, 2.05) is 19.1 Å². The Balaban J connectivity index is 1.83. The smallest absolute Gasteiger partial charge is 0.243 e. The first-order chi connectivity index (χ1) is 17.6. The van der Waals surface area contributed by atoms with Crippen LogP contribution in [-0.4, -0.2) is 62.2 Å². The van der Waals surface area contributed by atoms with Crippen molar-refractivity contribution < 1.29 is 22.7 Å². The van der Waals surface area contributed by atoms with Crippen molar-refractivity contribution in [1.29, 1.82) is 0 Å². The highest BCUT2D eigenvalue weighted by molar-refractivity contribution is 7.89. The van der Waals surface area contributed by atoms with E-state index in [1.54, 1.807) is 19.2 Å². The molecule has 2 amide bonds. The fourth-order valence-corrected chi connectivity index (χ4v) is 5.79. The van der Waals surface area contributed by atoms with E-state index in [2.05, 4.69) is 5.32 Å². The fraction of sp³-hybridized carbons (Fsp3) is 0.481. The summed E-state index contributed by atoms with van der Waals surface area (Å²) in [5, 5.41) is 3.54. The molecule has 2 aromatic rings. The number of nitrogens with one attached hydrogen (secondary N) is 1. The van der Waals surface area contributed by atoms with Gasteiger partial charge in [-0.1, -0.05) is 49.9 Å². The van der Waals surface area contributed by atoms with Gasteiger partial charge in [-0.2, -0.15) is 4.31 Å². The lowest BCUT2D eigenvalue weighted by Crippen LogP contribution is -2.53.